The van der Waals surface area contributed by atoms with Crippen molar-refractivity contribution in [2.24, 2.45) is 0 Å². The third-order valence-corrected chi connectivity index (χ3v) is 2.72. The van der Waals surface area contributed by atoms with E-state index in [-0.39, 0.29) is 4.83 Å². The number of hydrogen-bond donors (Lipinski definition) is 0. The van der Waals surface area contributed by atoms with Gasteiger partial charge >= 0.3 is 0 Å². The number of hydrogen-bond acceptors (Lipinski definition) is 1. The first kappa shape index (κ1) is 8.75. The first-order valence-electron chi connectivity index (χ1n) is 3.10. The van der Waals surface area contributed by atoms with Crippen molar-refractivity contribution in [3.63, 3.8) is 0 Å². The van der Waals surface area contributed by atoms with Gasteiger partial charge in [0.1, 0.15) is 4.83 Å². The first-order chi connectivity index (χ1) is 5.22. The Morgan fingerprint density at radius 2 is 1.91 bits per heavy atom. The molecule has 0 radical (unpaired) electrons. The Kier molecular flexibility index (Phi) is 3.09. The second kappa shape index (κ2) is 3.88. The van der Waals surface area contributed by atoms with Crippen LogP contribution < -0.4 is 0 Å². The molecule has 3 heteroatoms. The third kappa shape index (κ3) is 2.31. The van der Waals surface area contributed by atoms with Gasteiger partial charge in [-0.05, 0) is 17.2 Å². The SMILES string of the molecule is O=C(Cl)[C@H](Br)c1ccccc1. The maximum absolute atomic E-state index is 10.7. The lowest BCUT2D eigenvalue weighted by Gasteiger charge is -2.02. The lowest BCUT2D eigenvalue weighted by atomic mass is 10.2. The molecule has 0 aliphatic heterocycles. The second-order valence-corrected chi connectivity index (χ2v) is 3.37. The standard InChI is InChI=1S/C8H6BrClO/c9-7(8(10)11)6-4-2-1-3-5-6/h1-5,7H/t7-/m1/s1. The van der Waals surface area contributed by atoms with Crippen LogP contribution in [0, 0.1) is 0 Å². The third-order valence-electron chi connectivity index (χ3n) is 1.29. The summed E-state index contributed by atoms with van der Waals surface area (Å²) in [4.78, 5) is 10.3. The minimum atomic E-state index is -0.392. The molecule has 1 nitrogen and oxygen atoms in total. The molecule has 0 saturated heterocycles. The first-order valence-corrected chi connectivity index (χ1v) is 4.39. The minimum absolute atomic E-state index is 0.384. The van der Waals surface area contributed by atoms with Crippen molar-refractivity contribution in [2.45, 2.75) is 4.83 Å². The van der Waals surface area contributed by atoms with Crippen molar-refractivity contribution in [3.8, 4) is 0 Å². The zero-order valence-corrected chi connectivity index (χ0v) is 7.97. The summed E-state index contributed by atoms with van der Waals surface area (Å²) in [5.74, 6) is 0. The molecule has 0 bridgehead atoms. The van der Waals surface area contributed by atoms with Crippen LogP contribution in [0.15, 0.2) is 30.3 Å². The Bertz CT molecular complexity index is 248. The molecule has 1 rings (SSSR count). The number of carbonyl (C=O) groups excluding carboxylic acids is 1. The van der Waals surface area contributed by atoms with Gasteiger partial charge in [0.2, 0.25) is 5.24 Å². The van der Waals surface area contributed by atoms with Gasteiger partial charge in [0.05, 0.1) is 0 Å². The van der Waals surface area contributed by atoms with Crippen molar-refractivity contribution in [1.29, 1.82) is 0 Å². The van der Waals surface area contributed by atoms with E-state index >= 15 is 0 Å². The van der Waals surface area contributed by atoms with Gasteiger partial charge in [-0.2, -0.15) is 0 Å². The molecule has 0 aliphatic carbocycles. The predicted octanol–water partition coefficient (Wildman–Crippen LogP) is 2.89. The van der Waals surface area contributed by atoms with Gasteiger partial charge < -0.3 is 0 Å². The molecular weight excluding hydrogens is 227 g/mol. The van der Waals surface area contributed by atoms with E-state index in [1.165, 1.54) is 0 Å². The highest BCUT2D eigenvalue weighted by atomic mass is 79.9. The summed E-state index contributed by atoms with van der Waals surface area (Å²) in [6, 6.07) is 9.31. The van der Waals surface area contributed by atoms with Crippen LogP contribution in [0.5, 0.6) is 0 Å². The van der Waals surface area contributed by atoms with E-state index in [0.29, 0.717) is 0 Å². The average molecular weight is 233 g/mol. The monoisotopic (exact) mass is 232 g/mol. The van der Waals surface area contributed by atoms with E-state index in [9.17, 15) is 4.79 Å². The highest BCUT2D eigenvalue weighted by molar-refractivity contribution is 9.09. The Hall–Kier alpha value is -0.340. The zero-order valence-electron chi connectivity index (χ0n) is 5.63. The molecule has 0 aliphatic rings. The molecule has 0 unspecified atom stereocenters. The molecule has 0 fully saturated rings. The van der Waals surface area contributed by atoms with E-state index in [1.54, 1.807) is 0 Å². The molecule has 1 aromatic rings. The summed E-state index contributed by atoms with van der Waals surface area (Å²) in [7, 11) is 0. The van der Waals surface area contributed by atoms with Gasteiger partial charge in [0.15, 0.2) is 0 Å². The minimum Gasteiger partial charge on any atom is -0.280 e. The molecule has 0 spiro atoms. The molecule has 1 atom stereocenters. The van der Waals surface area contributed by atoms with Crippen molar-refractivity contribution < 1.29 is 4.79 Å². The fourth-order valence-electron chi connectivity index (χ4n) is 0.753. The number of benzene rings is 1. The normalized spacial score (nSPS) is 12.5. The van der Waals surface area contributed by atoms with E-state index < -0.39 is 5.24 Å². The number of rotatable bonds is 2. The Balaban J connectivity index is 2.85. The summed E-state index contributed by atoms with van der Waals surface area (Å²) in [5, 5.41) is -0.392. The molecule has 58 valence electrons. The maximum Gasteiger partial charge on any atom is 0.239 e. The molecule has 0 N–H and O–H groups in total. The highest BCUT2D eigenvalue weighted by Gasteiger charge is 2.12. The Morgan fingerprint density at radius 1 is 1.36 bits per heavy atom. The van der Waals surface area contributed by atoms with Crippen LogP contribution in [0.4, 0.5) is 0 Å². The predicted molar refractivity (Wildman–Crippen MR) is 49.0 cm³/mol. The fourth-order valence-corrected chi connectivity index (χ4v) is 1.18. The molecule has 11 heavy (non-hydrogen) atoms. The van der Waals surface area contributed by atoms with Crippen LogP contribution in [0.25, 0.3) is 0 Å². The van der Waals surface area contributed by atoms with Gasteiger partial charge in [-0.3, -0.25) is 4.79 Å². The largest absolute Gasteiger partial charge is 0.280 e. The summed E-state index contributed by atoms with van der Waals surface area (Å²) in [6.45, 7) is 0. The van der Waals surface area contributed by atoms with Crippen LogP contribution in [0.1, 0.15) is 10.4 Å². The van der Waals surface area contributed by atoms with Gasteiger partial charge in [-0.1, -0.05) is 46.3 Å². The summed E-state index contributed by atoms with van der Waals surface area (Å²) in [5.41, 5.74) is 0.882. The fraction of sp³-hybridized carbons (Fsp3) is 0.125. The van der Waals surface area contributed by atoms with E-state index in [4.69, 9.17) is 11.6 Å². The Morgan fingerprint density at radius 3 is 2.36 bits per heavy atom. The smallest absolute Gasteiger partial charge is 0.239 e. The summed E-state index contributed by atoms with van der Waals surface area (Å²) in [6.07, 6.45) is 0. The molecular formula is C8H6BrClO. The molecule has 0 amide bonds. The lowest BCUT2D eigenvalue weighted by Crippen LogP contribution is -1.97. The van der Waals surface area contributed by atoms with Crippen molar-refractivity contribution in [2.75, 3.05) is 0 Å². The van der Waals surface area contributed by atoms with Gasteiger partial charge in [-0.15, -0.1) is 0 Å². The number of carbonyl (C=O) groups is 1. The molecule has 1 aromatic carbocycles. The van der Waals surface area contributed by atoms with E-state index in [1.807, 2.05) is 30.3 Å². The number of alkyl halides is 1. The van der Waals surface area contributed by atoms with Gasteiger partial charge in [-0.25, -0.2) is 0 Å². The van der Waals surface area contributed by atoms with Gasteiger partial charge in [0.25, 0.3) is 0 Å². The maximum atomic E-state index is 10.7. The quantitative estimate of drug-likeness (QED) is 0.567. The Labute approximate surface area is 78.5 Å². The summed E-state index contributed by atoms with van der Waals surface area (Å²) >= 11 is 8.45. The second-order valence-electron chi connectivity index (χ2n) is 2.08. The van der Waals surface area contributed by atoms with E-state index in [0.717, 1.165) is 5.56 Å². The van der Waals surface area contributed by atoms with Crippen molar-refractivity contribution in [3.05, 3.63) is 35.9 Å². The van der Waals surface area contributed by atoms with Crippen molar-refractivity contribution >= 4 is 32.8 Å². The van der Waals surface area contributed by atoms with Crippen LogP contribution in [-0.4, -0.2) is 5.24 Å². The van der Waals surface area contributed by atoms with Gasteiger partial charge in [0, 0.05) is 0 Å². The van der Waals surface area contributed by atoms with E-state index in [2.05, 4.69) is 15.9 Å². The molecule has 0 saturated carbocycles. The number of halogens is 2. The average Bonchev–Trinajstić information content (AvgIpc) is 2.05. The summed E-state index contributed by atoms with van der Waals surface area (Å²) < 4.78 is 0. The van der Waals surface area contributed by atoms with Crippen LogP contribution in [-0.2, 0) is 4.79 Å². The topological polar surface area (TPSA) is 17.1 Å². The molecule has 0 heterocycles. The highest BCUT2D eigenvalue weighted by Crippen LogP contribution is 2.24. The molecule has 0 aromatic heterocycles. The van der Waals surface area contributed by atoms with Crippen LogP contribution in [0.3, 0.4) is 0 Å². The van der Waals surface area contributed by atoms with Crippen LogP contribution in [0.2, 0.25) is 0 Å². The zero-order chi connectivity index (χ0) is 8.27. The lowest BCUT2D eigenvalue weighted by molar-refractivity contribution is -0.111. The van der Waals surface area contributed by atoms with Crippen LogP contribution >= 0.6 is 27.5 Å². The van der Waals surface area contributed by atoms with Crippen molar-refractivity contribution in [1.82, 2.24) is 0 Å².